The lowest BCUT2D eigenvalue weighted by atomic mass is 10.2. The number of rotatable bonds is 9. The zero-order valence-corrected chi connectivity index (χ0v) is 23.0. The van der Waals surface area contributed by atoms with Gasteiger partial charge in [-0.1, -0.05) is 32.4 Å². The highest BCUT2D eigenvalue weighted by Gasteiger charge is 2.36. The van der Waals surface area contributed by atoms with Crippen LogP contribution in [0.5, 0.6) is 0 Å². The van der Waals surface area contributed by atoms with Crippen LogP contribution >= 0.6 is 11.6 Å². The molecule has 3 rings (SSSR count). The summed E-state index contributed by atoms with van der Waals surface area (Å²) in [5.41, 5.74) is 6.94. The van der Waals surface area contributed by atoms with Gasteiger partial charge in [0.15, 0.2) is 14.0 Å². The van der Waals surface area contributed by atoms with Crippen molar-refractivity contribution in [1.82, 2.24) is 4.98 Å². The molecule has 4 N–H and O–H groups in total. The lowest BCUT2D eigenvalue weighted by Gasteiger charge is -2.36. The molecule has 192 valence electrons. The van der Waals surface area contributed by atoms with E-state index in [9.17, 15) is 9.59 Å². The van der Waals surface area contributed by atoms with Crippen LogP contribution in [0.3, 0.4) is 0 Å². The average molecular weight is 529 g/mol. The number of aliphatic imine (C=N–C) groups is 1. The maximum absolute atomic E-state index is 13.0. The Labute approximate surface area is 217 Å². The van der Waals surface area contributed by atoms with Gasteiger partial charge in [0.05, 0.1) is 18.2 Å². The molecular weight excluding hydrogens is 496 g/mol. The van der Waals surface area contributed by atoms with Gasteiger partial charge in [-0.3, -0.25) is 14.6 Å². The van der Waals surface area contributed by atoms with Crippen LogP contribution in [0.1, 0.15) is 20.8 Å². The normalized spacial score (nSPS) is 14.1. The summed E-state index contributed by atoms with van der Waals surface area (Å²) in [5, 5.41) is 6.73. The van der Waals surface area contributed by atoms with Crippen molar-refractivity contribution >= 4 is 55.1 Å². The van der Waals surface area contributed by atoms with Crippen molar-refractivity contribution in [2.75, 3.05) is 35.2 Å². The highest BCUT2D eigenvalue weighted by Crippen LogP contribution is 2.36. The van der Waals surface area contributed by atoms with Crippen molar-refractivity contribution < 1.29 is 14.0 Å². The SMILES string of the molecule is CC(C)(C)[Si](C)(C)OCCNc1ccc(NC(=O)C2=C(C(N)=O)N(c3ccc(Cl)cn3)CC=N2)cc1. The third-order valence-electron chi connectivity index (χ3n) is 6.26. The highest BCUT2D eigenvalue weighted by atomic mass is 35.5. The van der Waals surface area contributed by atoms with E-state index in [1.807, 2.05) is 12.1 Å². The van der Waals surface area contributed by atoms with Gasteiger partial charge in [0.25, 0.3) is 11.8 Å². The summed E-state index contributed by atoms with van der Waals surface area (Å²) in [5.74, 6) is -0.909. The maximum atomic E-state index is 13.0. The summed E-state index contributed by atoms with van der Waals surface area (Å²) in [6.07, 6.45) is 2.98. The number of hydrogen-bond donors (Lipinski definition) is 3. The van der Waals surface area contributed by atoms with Gasteiger partial charge in [0.2, 0.25) is 0 Å². The molecule has 2 heterocycles. The first-order valence-corrected chi connectivity index (χ1v) is 14.9. The topological polar surface area (TPSA) is 122 Å². The first-order valence-electron chi connectivity index (χ1n) is 11.6. The van der Waals surface area contributed by atoms with E-state index in [-0.39, 0.29) is 23.0 Å². The minimum Gasteiger partial charge on any atom is -0.415 e. The van der Waals surface area contributed by atoms with E-state index in [1.165, 1.54) is 17.3 Å². The minimum atomic E-state index is -1.78. The molecule has 0 atom stereocenters. The molecule has 0 saturated heterocycles. The van der Waals surface area contributed by atoms with E-state index in [4.69, 9.17) is 21.8 Å². The van der Waals surface area contributed by atoms with Gasteiger partial charge in [0.1, 0.15) is 11.5 Å². The molecule has 1 aliphatic rings. The molecule has 0 spiro atoms. The lowest BCUT2D eigenvalue weighted by molar-refractivity contribution is -0.116. The highest BCUT2D eigenvalue weighted by molar-refractivity contribution is 6.74. The van der Waals surface area contributed by atoms with Gasteiger partial charge in [-0.25, -0.2) is 4.98 Å². The molecule has 2 amide bonds. The molecule has 1 aromatic carbocycles. The van der Waals surface area contributed by atoms with Crippen LogP contribution in [0.25, 0.3) is 0 Å². The predicted molar refractivity (Wildman–Crippen MR) is 148 cm³/mol. The van der Waals surface area contributed by atoms with E-state index in [1.54, 1.807) is 24.3 Å². The van der Waals surface area contributed by atoms with Crippen molar-refractivity contribution in [2.24, 2.45) is 10.7 Å². The second-order valence-electron chi connectivity index (χ2n) is 9.89. The van der Waals surface area contributed by atoms with Crippen molar-refractivity contribution in [1.29, 1.82) is 0 Å². The average Bonchev–Trinajstić information content (AvgIpc) is 2.82. The number of nitrogens with one attached hydrogen (secondary N) is 2. The van der Waals surface area contributed by atoms with Crippen LogP contribution in [-0.4, -0.2) is 51.0 Å². The third-order valence-corrected chi connectivity index (χ3v) is 11.0. The first-order chi connectivity index (χ1) is 16.9. The molecule has 9 nitrogen and oxygen atoms in total. The Morgan fingerprint density at radius 1 is 1.14 bits per heavy atom. The Morgan fingerprint density at radius 2 is 1.81 bits per heavy atom. The number of aromatic nitrogens is 1. The molecule has 0 radical (unpaired) electrons. The largest absolute Gasteiger partial charge is 0.415 e. The quantitative estimate of drug-likeness (QED) is 0.327. The van der Waals surface area contributed by atoms with Crippen LogP contribution < -0.4 is 21.3 Å². The fourth-order valence-corrected chi connectivity index (χ4v) is 4.38. The maximum Gasteiger partial charge on any atom is 0.276 e. The molecular formula is C25H33ClN6O3Si. The molecule has 1 aromatic heterocycles. The second-order valence-corrected chi connectivity index (χ2v) is 15.1. The molecule has 0 aliphatic carbocycles. The van der Waals surface area contributed by atoms with Gasteiger partial charge in [-0.05, 0) is 54.5 Å². The zero-order valence-electron chi connectivity index (χ0n) is 21.3. The minimum absolute atomic E-state index is 0.0372. The van der Waals surface area contributed by atoms with Gasteiger partial charge >= 0.3 is 0 Å². The summed E-state index contributed by atoms with van der Waals surface area (Å²) in [4.78, 5) is 35.2. The van der Waals surface area contributed by atoms with E-state index < -0.39 is 20.1 Å². The van der Waals surface area contributed by atoms with Crippen molar-refractivity contribution in [3.8, 4) is 0 Å². The van der Waals surface area contributed by atoms with Crippen LogP contribution in [0.4, 0.5) is 17.2 Å². The number of nitrogens with zero attached hydrogens (tertiary/aromatic N) is 3. The number of primary amides is 1. The number of pyridine rings is 1. The van der Waals surface area contributed by atoms with Crippen molar-refractivity contribution in [2.45, 2.75) is 38.9 Å². The molecule has 2 aromatic rings. The van der Waals surface area contributed by atoms with Gasteiger partial charge in [-0.2, -0.15) is 0 Å². The third kappa shape index (κ3) is 6.71. The summed E-state index contributed by atoms with van der Waals surface area (Å²) in [6.45, 7) is 12.6. The molecule has 0 saturated carbocycles. The Balaban J connectivity index is 1.64. The number of nitrogens with two attached hydrogens (primary N) is 1. The number of anilines is 3. The Hall–Kier alpha value is -3.21. The summed E-state index contributed by atoms with van der Waals surface area (Å²) < 4.78 is 6.18. The fraction of sp³-hybridized carbons (Fsp3) is 0.360. The second kappa shape index (κ2) is 11.2. The fourth-order valence-electron chi connectivity index (χ4n) is 3.23. The smallest absolute Gasteiger partial charge is 0.276 e. The van der Waals surface area contributed by atoms with E-state index >= 15 is 0 Å². The molecule has 0 fully saturated rings. The Morgan fingerprint density at radius 3 is 2.39 bits per heavy atom. The van der Waals surface area contributed by atoms with Crippen molar-refractivity contribution in [3.05, 3.63) is 59.0 Å². The monoisotopic (exact) mass is 528 g/mol. The summed E-state index contributed by atoms with van der Waals surface area (Å²) >= 11 is 5.92. The number of amides is 2. The van der Waals surface area contributed by atoms with Crippen LogP contribution in [0.2, 0.25) is 23.2 Å². The van der Waals surface area contributed by atoms with E-state index in [0.717, 1.165) is 5.69 Å². The van der Waals surface area contributed by atoms with Crippen LogP contribution in [0, 0.1) is 0 Å². The van der Waals surface area contributed by atoms with Gasteiger partial charge in [0, 0.05) is 30.3 Å². The van der Waals surface area contributed by atoms with E-state index in [0.29, 0.717) is 29.7 Å². The number of carbonyl (C=O) groups excluding carboxylic acids is 2. The molecule has 1 aliphatic heterocycles. The zero-order chi connectivity index (χ0) is 26.5. The number of carbonyl (C=O) groups is 2. The first kappa shape index (κ1) is 27.4. The van der Waals surface area contributed by atoms with E-state index in [2.05, 4.69) is 54.5 Å². The Kier molecular flexibility index (Phi) is 8.54. The Bertz CT molecular complexity index is 1160. The molecule has 11 heteroatoms. The number of benzene rings is 1. The standard InChI is InChI=1S/C25H33ClN6O3Si/c1-25(2,3)36(4,5)35-15-13-28-18-7-9-19(10-8-18)31-24(34)21-22(23(27)33)32(14-12-29-21)20-11-6-17(26)16-30-20/h6-12,16,28H,13-15H2,1-5H3,(H2,27,33)(H,31,34). The van der Waals surface area contributed by atoms with Gasteiger partial charge < -0.3 is 25.7 Å². The summed E-state index contributed by atoms with van der Waals surface area (Å²) in [7, 11) is -1.78. The molecule has 0 bridgehead atoms. The summed E-state index contributed by atoms with van der Waals surface area (Å²) in [6, 6.07) is 10.5. The van der Waals surface area contributed by atoms with Crippen molar-refractivity contribution in [3.63, 3.8) is 0 Å². The predicted octanol–water partition coefficient (Wildman–Crippen LogP) is 4.40. The van der Waals surface area contributed by atoms with Gasteiger partial charge in [-0.15, -0.1) is 0 Å². The molecule has 0 unspecified atom stereocenters. The van der Waals surface area contributed by atoms with Crippen LogP contribution in [-0.2, 0) is 14.0 Å². The van der Waals surface area contributed by atoms with Crippen LogP contribution in [0.15, 0.2) is 59.0 Å². The lowest BCUT2D eigenvalue weighted by Crippen LogP contribution is -2.41. The number of hydrogen-bond acceptors (Lipinski definition) is 7. The number of halogens is 1. The molecule has 36 heavy (non-hydrogen) atoms.